The van der Waals surface area contributed by atoms with Gasteiger partial charge in [0.15, 0.2) is 5.69 Å². The van der Waals surface area contributed by atoms with Crippen molar-refractivity contribution >= 4 is 28.0 Å². The third kappa shape index (κ3) is 7.43. The molecule has 9 heteroatoms. The maximum absolute atomic E-state index is 13.7. The van der Waals surface area contributed by atoms with E-state index in [1.54, 1.807) is 32.3 Å². The first-order valence-electron chi connectivity index (χ1n) is 13.3. The zero-order valence-corrected chi connectivity index (χ0v) is 23.3. The number of nitrogens with zero attached hydrogens (tertiary/aromatic N) is 2. The fourth-order valence-electron chi connectivity index (χ4n) is 4.52. The molecule has 3 aromatic carbocycles. The Kier molecular flexibility index (Phi) is 9.62. The molecule has 0 fully saturated rings. The molecule has 2 N–H and O–H groups in total. The van der Waals surface area contributed by atoms with E-state index in [4.69, 9.17) is 4.74 Å². The molecule has 214 valence electrons. The molecule has 4 aromatic rings. The smallest absolute Gasteiger partial charge is 0.435 e. The second-order valence-corrected chi connectivity index (χ2v) is 9.62. The summed E-state index contributed by atoms with van der Waals surface area (Å²) in [6.45, 7) is 3.61. The van der Waals surface area contributed by atoms with Crippen LogP contribution in [-0.2, 0) is 11.0 Å². The highest BCUT2D eigenvalue weighted by Crippen LogP contribution is 2.38. The molecule has 1 heterocycles. The normalized spacial score (nSPS) is 12.5. The molecule has 6 nitrogen and oxygen atoms in total. The number of fused-ring (bicyclic) bond motifs is 1. The van der Waals surface area contributed by atoms with E-state index in [2.05, 4.69) is 15.5 Å². The number of alkyl halides is 3. The van der Waals surface area contributed by atoms with Crippen LogP contribution in [0.4, 0.5) is 13.2 Å². The van der Waals surface area contributed by atoms with Crippen LogP contribution >= 0.6 is 0 Å². The lowest BCUT2D eigenvalue weighted by Gasteiger charge is -2.17. The Morgan fingerprint density at radius 2 is 1.71 bits per heavy atom. The number of nitrogens with one attached hydrogen (secondary N) is 2. The zero-order chi connectivity index (χ0) is 29.4. The Bertz CT molecular complexity index is 1520. The van der Waals surface area contributed by atoms with Gasteiger partial charge in [-0.3, -0.25) is 9.89 Å². The van der Waals surface area contributed by atoms with Gasteiger partial charge in [-0.1, -0.05) is 61.5 Å². The largest absolute Gasteiger partial charge is 0.492 e. The van der Waals surface area contributed by atoms with Gasteiger partial charge in [0.2, 0.25) is 5.91 Å². The van der Waals surface area contributed by atoms with E-state index in [0.717, 1.165) is 22.3 Å². The Hall–Kier alpha value is -4.37. The van der Waals surface area contributed by atoms with Crippen LogP contribution < -0.4 is 10.1 Å². The van der Waals surface area contributed by atoms with Gasteiger partial charge in [-0.05, 0) is 58.5 Å². The van der Waals surface area contributed by atoms with E-state index in [9.17, 15) is 18.0 Å². The minimum atomic E-state index is -4.57. The summed E-state index contributed by atoms with van der Waals surface area (Å²) < 4.78 is 46.8. The minimum absolute atomic E-state index is 0.0318. The topological polar surface area (TPSA) is 70.2 Å². The van der Waals surface area contributed by atoms with Crippen LogP contribution in [0.3, 0.4) is 0 Å². The summed E-state index contributed by atoms with van der Waals surface area (Å²) >= 11 is 0. The molecule has 0 saturated heterocycles. The summed E-state index contributed by atoms with van der Waals surface area (Å²) in [6, 6.07) is 22.4. The first-order chi connectivity index (χ1) is 19.7. The van der Waals surface area contributed by atoms with Crippen molar-refractivity contribution in [2.24, 2.45) is 0 Å². The van der Waals surface area contributed by atoms with Gasteiger partial charge in [0.05, 0.1) is 5.52 Å². The lowest BCUT2D eigenvalue weighted by molar-refractivity contribution is -0.140. The lowest BCUT2D eigenvalue weighted by atomic mass is 9.87. The number of amides is 1. The van der Waals surface area contributed by atoms with Gasteiger partial charge in [-0.2, -0.15) is 18.3 Å². The minimum Gasteiger partial charge on any atom is -0.492 e. The summed E-state index contributed by atoms with van der Waals surface area (Å²) in [4.78, 5) is 13.1. The number of aromatic nitrogens is 2. The fraction of sp³-hybridized carbons (Fsp3) is 0.250. The van der Waals surface area contributed by atoms with Gasteiger partial charge in [0.25, 0.3) is 0 Å². The van der Waals surface area contributed by atoms with Crippen molar-refractivity contribution in [1.82, 2.24) is 20.4 Å². The van der Waals surface area contributed by atoms with E-state index >= 15 is 0 Å². The molecule has 4 rings (SSSR count). The van der Waals surface area contributed by atoms with Gasteiger partial charge in [0, 0.05) is 38.6 Å². The van der Waals surface area contributed by atoms with E-state index in [0.29, 0.717) is 42.9 Å². The van der Waals surface area contributed by atoms with Crippen LogP contribution in [0.5, 0.6) is 5.75 Å². The predicted octanol–water partition coefficient (Wildman–Crippen LogP) is 6.56. The third-order valence-electron chi connectivity index (χ3n) is 6.55. The van der Waals surface area contributed by atoms with Crippen LogP contribution in [-0.4, -0.2) is 54.8 Å². The van der Waals surface area contributed by atoms with E-state index in [1.165, 1.54) is 11.0 Å². The van der Waals surface area contributed by atoms with E-state index in [-0.39, 0.29) is 11.3 Å². The van der Waals surface area contributed by atoms with Crippen molar-refractivity contribution in [3.8, 4) is 5.75 Å². The number of carbonyl (C=O) groups excluding carboxylic acids is 1. The number of likely N-dealkylation sites (N-methyl/N-ethyl adjacent to an activating group) is 1. The molecular weight excluding hydrogens is 529 g/mol. The molecular formula is C32H33F3N4O2. The van der Waals surface area contributed by atoms with Crippen LogP contribution in [0.25, 0.3) is 22.0 Å². The second kappa shape index (κ2) is 13.3. The lowest BCUT2D eigenvalue weighted by Crippen LogP contribution is -2.22. The molecule has 0 saturated carbocycles. The number of hydrogen-bond donors (Lipinski definition) is 2. The summed E-state index contributed by atoms with van der Waals surface area (Å²) in [5, 5.41) is 9.26. The molecule has 0 radical (unpaired) electrons. The molecule has 41 heavy (non-hydrogen) atoms. The van der Waals surface area contributed by atoms with Crippen molar-refractivity contribution in [3.63, 3.8) is 0 Å². The number of carbonyl (C=O) groups is 1. The average molecular weight is 563 g/mol. The van der Waals surface area contributed by atoms with E-state index < -0.39 is 11.9 Å². The van der Waals surface area contributed by atoms with Crippen LogP contribution in [0.1, 0.15) is 35.7 Å². The van der Waals surface area contributed by atoms with Crippen molar-refractivity contribution in [1.29, 1.82) is 0 Å². The number of ether oxygens (including phenoxy) is 1. The summed E-state index contributed by atoms with van der Waals surface area (Å²) in [5.74, 6) is 0.608. The molecule has 0 atom stereocenters. The molecule has 1 aromatic heterocycles. The van der Waals surface area contributed by atoms with Crippen LogP contribution in [0.15, 0.2) is 84.9 Å². The quantitative estimate of drug-likeness (QED) is 0.123. The number of H-pyrrole nitrogens is 1. The zero-order valence-electron chi connectivity index (χ0n) is 23.3. The summed E-state index contributed by atoms with van der Waals surface area (Å²) in [7, 11) is 3.40. The first-order valence-corrected chi connectivity index (χ1v) is 13.3. The number of hydrogen-bond acceptors (Lipinski definition) is 4. The van der Waals surface area contributed by atoms with Crippen molar-refractivity contribution < 1.29 is 22.7 Å². The second-order valence-electron chi connectivity index (χ2n) is 9.62. The number of rotatable bonds is 11. The molecule has 1 amide bonds. The Morgan fingerprint density at radius 3 is 2.37 bits per heavy atom. The number of halogens is 3. The highest BCUT2D eigenvalue weighted by Gasteiger charge is 2.36. The summed E-state index contributed by atoms with van der Waals surface area (Å²) in [6.07, 6.45) is -0.609. The first kappa shape index (κ1) is 29.6. The van der Waals surface area contributed by atoms with E-state index in [1.807, 2.05) is 67.6 Å². The highest BCUT2D eigenvalue weighted by molar-refractivity contribution is 6.00. The maximum atomic E-state index is 13.7. The number of aromatic amines is 1. The highest BCUT2D eigenvalue weighted by atomic mass is 19.4. The van der Waals surface area contributed by atoms with Crippen molar-refractivity contribution in [2.45, 2.75) is 19.5 Å². The van der Waals surface area contributed by atoms with Gasteiger partial charge in [-0.15, -0.1) is 0 Å². The Balaban J connectivity index is 1.59. The Labute approximate surface area is 237 Å². The number of allylic oxidation sites excluding steroid dienone is 1. The summed E-state index contributed by atoms with van der Waals surface area (Å²) in [5.41, 5.74) is 3.80. The molecule has 0 bridgehead atoms. The van der Waals surface area contributed by atoms with Crippen molar-refractivity contribution in [3.05, 3.63) is 107 Å². The molecule has 0 aliphatic heterocycles. The molecule has 0 spiro atoms. The van der Waals surface area contributed by atoms with Crippen molar-refractivity contribution in [2.75, 3.05) is 33.8 Å². The standard InChI is InChI=1S/C32H33F3N4O2/c1-4-26(22-9-6-5-7-10-22)30(24-14-17-28-27(21-24)31(38-37-28)32(33,34)35)23-12-15-25(16-13-23)41-20-19-36-18-8-11-29(40)39(2)3/h5-17,21,36H,4,18-20H2,1-3H3,(H,37,38)/b11-8?,30-26+. The molecule has 0 unspecified atom stereocenters. The van der Waals surface area contributed by atoms with Crippen LogP contribution in [0, 0.1) is 0 Å². The van der Waals surface area contributed by atoms with Gasteiger partial charge < -0.3 is 15.0 Å². The maximum Gasteiger partial charge on any atom is 0.435 e. The number of benzene rings is 3. The van der Waals surface area contributed by atoms with Gasteiger partial charge >= 0.3 is 6.18 Å². The Morgan fingerprint density at radius 1 is 1.00 bits per heavy atom. The average Bonchev–Trinajstić information content (AvgIpc) is 3.40. The van der Waals surface area contributed by atoms with Gasteiger partial charge in [-0.25, -0.2) is 0 Å². The molecule has 0 aliphatic rings. The SMILES string of the molecule is CC/C(=C(/c1ccc(OCCNCC=CC(=O)N(C)C)cc1)c1ccc2[nH]nc(C(F)(F)F)c2c1)c1ccccc1. The fourth-order valence-corrected chi connectivity index (χ4v) is 4.52. The monoisotopic (exact) mass is 562 g/mol. The predicted molar refractivity (Wildman–Crippen MR) is 156 cm³/mol. The molecule has 0 aliphatic carbocycles. The third-order valence-corrected chi connectivity index (χ3v) is 6.55. The van der Waals surface area contributed by atoms with Gasteiger partial charge in [0.1, 0.15) is 12.4 Å². The van der Waals surface area contributed by atoms with Crippen LogP contribution in [0.2, 0.25) is 0 Å².